The Bertz CT molecular complexity index is 1160. The van der Waals surface area contributed by atoms with Crippen LogP contribution in [0, 0.1) is 0 Å². The molecule has 268 valence electrons. The van der Waals surface area contributed by atoms with E-state index in [1.165, 1.54) is 201 Å². The lowest BCUT2D eigenvalue weighted by Crippen LogP contribution is -2.24. The van der Waals surface area contributed by atoms with Crippen LogP contribution in [0.2, 0.25) is 0 Å². The smallest absolute Gasteiger partial charge is 0.0221 e. The molecule has 2 aromatic rings. The Kier molecular flexibility index (Phi) is 21.7. The fourth-order valence-electron chi connectivity index (χ4n) is 7.68. The first-order chi connectivity index (χ1) is 23.7. The predicted octanol–water partition coefficient (Wildman–Crippen LogP) is 12.1. The first-order valence-electron chi connectivity index (χ1n) is 21.4. The zero-order chi connectivity index (χ0) is 34.1. The first-order valence-corrected chi connectivity index (χ1v) is 21.4. The third kappa shape index (κ3) is 15.6. The molecule has 48 heavy (non-hydrogen) atoms. The van der Waals surface area contributed by atoms with Gasteiger partial charge in [-0.3, -0.25) is 0 Å². The molecule has 0 aromatic heterocycles. The molecule has 0 atom stereocenters. The van der Waals surface area contributed by atoms with Crippen LogP contribution < -0.4 is 20.9 Å². The summed E-state index contributed by atoms with van der Waals surface area (Å²) in [4.78, 5) is 0. The van der Waals surface area contributed by atoms with Gasteiger partial charge in [0.2, 0.25) is 0 Å². The van der Waals surface area contributed by atoms with E-state index in [9.17, 15) is 0 Å². The Morgan fingerprint density at radius 2 is 0.438 bits per heavy atom. The van der Waals surface area contributed by atoms with E-state index >= 15 is 0 Å². The molecule has 6 rings (SSSR count). The van der Waals surface area contributed by atoms with Crippen molar-refractivity contribution in [3.05, 3.63) is 67.4 Å². The van der Waals surface area contributed by atoms with Crippen molar-refractivity contribution in [1.29, 1.82) is 0 Å². The topological polar surface area (TPSA) is 0 Å². The number of hydrogen-bond donors (Lipinski definition) is 0. The number of aryl methyl sites for hydroxylation is 4. The second kappa shape index (κ2) is 25.8. The molecule has 4 bridgehead atoms. The van der Waals surface area contributed by atoms with Gasteiger partial charge in [0.05, 0.1) is 0 Å². The summed E-state index contributed by atoms with van der Waals surface area (Å²) in [5.41, 5.74) is 6.25. The van der Waals surface area contributed by atoms with E-state index in [4.69, 9.17) is 0 Å². The van der Waals surface area contributed by atoms with Crippen LogP contribution in [0.15, 0.2) is 24.3 Å². The second-order valence-corrected chi connectivity index (χ2v) is 15.2. The van der Waals surface area contributed by atoms with Crippen molar-refractivity contribution < 1.29 is 0 Å². The van der Waals surface area contributed by atoms with Gasteiger partial charge in [-0.05, 0) is 94.5 Å². The first kappa shape index (κ1) is 40.4. The van der Waals surface area contributed by atoms with Gasteiger partial charge in [-0.15, -0.1) is 0 Å². The second-order valence-electron chi connectivity index (χ2n) is 15.2. The molecule has 0 heterocycles. The highest BCUT2D eigenvalue weighted by Gasteiger charge is 2.07. The lowest BCUT2D eigenvalue weighted by molar-refractivity contribution is 0.605. The van der Waals surface area contributed by atoms with Gasteiger partial charge in [0.15, 0.2) is 0 Å². The molecule has 0 unspecified atom stereocenters. The third-order valence-corrected chi connectivity index (χ3v) is 10.9. The van der Waals surface area contributed by atoms with Gasteiger partial charge in [0, 0.05) is 0 Å². The highest BCUT2D eigenvalue weighted by atomic mass is 14.1. The van der Waals surface area contributed by atoms with E-state index in [1.807, 2.05) is 0 Å². The van der Waals surface area contributed by atoms with Crippen molar-refractivity contribution in [2.45, 2.75) is 207 Å². The summed E-state index contributed by atoms with van der Waals surface area (Å²) in [5.74, 6) is 0. The quantitative estimate of drug-likeness (QED) is 0.0802. The minimum Gasteiger partial charge on any atom is -0.0654 e. The van der Waals surface area contributed by atoms with E-state index in [1.54, 1.807) is 22.3 Å². The fourth-order valence-corrected chi connectivity index (χ4v) is 7.68. The van der Waals surface area contributed by atoms with Gasteiger partial charge in [-0.25, -0.2) is 0 Å². The Morgan fingerprint density at radius 3 is 0.646 bits per heavy atom. The SMILES string of the molecule is CCCCCCCCc1c/c2c(CCCCCCCC)c/c1=C/C=c1/cc(CCCCCCCC)/c(cc1CCCCCCCC)=C\C=2. The molecule has 0 heteroatoms. The zero-order valence-electron chi connectivity index (χ0n) is 32.4. The highest BCUT2D eigenvalue weighted by molar-refractivity contribution is 5.67. The molecular weight excluding hydrogens is 577 g/mol. The van der Waals surface area contributed by atoms with Crippen molar-refractivity contribution >= 4 is 24.3 Å². The van der Waals surface area contributed by atoms with Crippen molar-refractivity contribution in [2.75, 3.05) is 0 Å². The average molecular weight is 653 g/mol. The summed E-state index contributed by atoms with van der Waals surface area (Å²) < 4.78 is 0. The summed E-state index contributed by atoms with van der Waals surface area (Å²) in [7, 11) is 0. The van der Waals surface area contributed by atoms with E-state index < -0.39 is 0 Å². The van der Waals surface area contributed by atoms with E-state index in [0.29, 0.717) is 0 Å². The molecule has 4 aliphatic carbocycles. The number of hydrogen-bond acceptors (Lipinski definition) is 0. The van der Waals surface area contributed by atoms with Crippen LogP contribution >= 0.6 is 0 Å². The number of unbranched alkanes of at least 4 members (excludes halogenated alkanes) is 20. The van der Waals surface area contributed by atoms with Crippen molar-refractivity contribution in [3.8, 4) is 0 Å². The molecule has 0 amide bonds. The molecule has 0 saturated carbocycles. The standard InChI is InChI=1S/C48H76/c1-5-9-13-17-21-25-29-41-37-46-35-36-48-40-43(31-27-23-19-15-11-7-3)47(39-44(48)32-28-24-20-16-12-8-4)34-33-45(41)38-42(46)30-26-22-18-14-10-6-2/h33-40H,5-32H2,1-4H3/b34-33?,36-35?,45-33-,46-35-,47-34-,48-36-. The molecule has 0 fully saturated rings. The average Bonchev–Trinajstić information content (AvgIpc) is 3.09. The maximum absolute atomic E-state index is 2.59. The van der Waals surface area contributed by atoms with Crippen LogP contribution in [0.3, 0.4) is 0 Å². The minimum absolute atomic E-state index is 1.20. The van der Waals surface area contributed by atoms with Crippen LogP contribution in [0.4, 0.5) is 0 Å². The fraction of sp³-hybridized carbons (Fsp3) is 0.667. The molecule has 2 aromatic carbocycles. The minimum atomic E-state index is 1.20. The van der Waals surface area contributed by atoms with Crippen LogP contribution in [-0.2, 0) is 25.7 Å². The zero-order valence-corrected chi connectivity index (χ0v) is 32.4. The van der Waals surface area contributed by atoms with Gasteiger partial charge in [-0.2, -0.15) is 0 Å². The van der Waals surface area contributed by atoms with Gasteiger partial charge in [0.1, 0.15) is 0 Å². The maximum atomic E-state index is 2.59. The summed E-state index contributed by atoms with van der Waals surface area (Å²) in [6.07, 6.45) is 47.5. The summed E-state index contributed by atoms with van der Waals surface area (Å²) >= 11 is 0. The Hall–Kier alpha value is -2.08. The summed E-state index contributed by atoms with van der Waals surface area (Å²) in [6, 6.07) is 10.4. The molecule has 0 aliphatic heterocycles. The molecule has 0 N–H and O–H groups in total. The van der Waals surface area contributed by atoms with Gasteiger partial charge in [0.25, 0.3) is 0 Å². The monoisotopic (exact) mass is 653 g/mol. The van der Waals surface area contributed by atoms with Crippen molar-refractivity contribution in [1.82, 2.24) is 0 Å². The van der Waals surface area contributed by atoms with Crippen molar-refractivity contribution in [3.63, 3.8) is 0 Å². The van der Waals surface area contributed by atoms with Crippen LogP contribution in [0.25, 0.3) is 24.3 Å². The van der Waals surface area contributed by atoms with Crippen LogP contribution in [0.1, 0.15) is 204 Å². The van der Waals surface area contributed by atoms with E-state index in [2.05, 4.69) is 76.3 Å². The Labute approximate surface area is 298 Å². The number of benzene rings is 2. The Morgan fingerprint density at radius 1 is 0.250 bits per heavy atom. The van der Waals surface area contributed by atoms with Gasteiger partial charge in [-0.1, -0.05) is 205 Å². The normalized spacial score (nSPS) is 15.1. The molecular formula is C48H76. The van der Waals surface area contributed by atoms with E-state index in [-0.39, 0.29) is 0 Å². The molecule has 0 radical (unpaired) electrons. The predicted molar refractivity (Wildman–Crippen MR) is 218 cm³/mol. The summed E-state index contributed by atoms with van der Waals surface area (Å²) in [5, 5.41) is 5.92. The lowest BCUT2D eigenvalue weighted by atomic mass is 9.94. The third-order valence-electron chi connectivity index (χ3n) is 10.9. The van der Waals surface area contributed by atoms with E-state index in [0.717, 1.165) is 0 Å². The number of rotatable bonds is 28. The molecule has 0 spiro atoms. The largest absolute Gasteiger partial charge is 0.0654 e. The van der Waals surface area contributed by atoms with Crippen molar-refractivity contribution in [2.24, 2.45) is 0 Å². The van der Waals surface area contributed by atoms with Gasteiger partial charge < -0.3 is 0 Å². The van der Waals surface area contributed by atoms with Gasteiger partial charge >= 0.3 is 0 Å². The van der Waals surface area contributed by atoms with Crippen LogP contribution in [-0.4, -0.2) is 0 Å². The molecule has 0 nitrogen and oxygen atoms in total. The molecule has 0 saturated heterocycles. The Balaban J connectivity index is 1.97. The maximum Gasteiger partial charge on any atom is -0.0221 e. The summed E-state index contributed by atoms with van der Waals surface area (Å²) in [6.45, 7) is 9.27. The molecule has 4 aliphatic rings. The van der Waals surface area contributed by atoms with Crippen LogP contribution in [0.5, 0.6) is 0 Å². The highest BCUT2D eigenvalue weighted by Crippen LogP contribution is 2.13. The lowest BCUT2D eigenvalue weighted by Gasteiger charge is -2.12.